The van der Waals surface area contributed by atoms with Crippen LogP contribution in [0.25, 0.3) is 0 Å². The first-order valence-electron chi connectivity index (χ1n) is 9.02. The van der Waals surface area contributed by atoms with Gasteiger partial charge in [0.05, 0.1) is 26.4 Å². The number of carbonyl (C=O) groups excluding carboxylic acids is 1. The number of benzene rings is 1. The maximum atomic E-state index is 12.6. The van der Waals surface area contributed by atoms with E-state index >= 15 is 0 Å². The molecule has 138 valence electrons. The van der Waals surface area contributed by atoms with Crippen LogP contribution in [0.15, 0.2) is 18.2 Å². The Morgan fingerprint density at radius 1 is 1.24 bits per heavy atom. The van der Waals surface area contributed by atoms with Crippen LogP contribution in [0.4, 0.5) is 0 Å². The minimum absolute atomic E-state index is 0.0987. The number of ether oxygens (including phenoxy) is 3. The van der Waals surface area contributed by atoms with Crippen LogP contribution in [0.5, 0.6) is 11.5 Å². The van der Waals surface area contributed by atoms with E-state index in [-0.39, 0.29) is 11.9 Å². The first-order chi connectivity index (χ1) is 12.2. The molecule has 1 N–H and O–H groups in total. The maximum absolute atomic E-state index is 12.6. The summed E-state index contributed by atoms with van der Waals surface area (Å²) in [6, 6.07) is 5.49. The fourth-order valence-corrected chi connectivity index (χ4v) is 3.61. The van der Waals surface area contributed by atoms with Crippen LogP contribution in [-0.4, -0.2) is 63.9 Å². The van der Waals surface area contributed by atoms with Crippen LogP contribution < -0.4 is 14.8 Å². The highest BCUT2D eigenvalue weighted by Gasteiger charge is 2.25. The molecule has 2 saturated heterocycles. The molecule has 0 radical (unpaired) electrons. The summed E-state index contributed by atoms with van der Waals surface area (Å²) >= 11 is 0. The Bertz CT molecular complexity index is 579. The number of amides is 1. The van der Waals surface area contributed by atoms with Crippen molar-refractivity contribution in [2.75, 3.05) is 47.1 Å². The molecule has 2 aliphatic heterocycles. The van der Waals surface area contributed by atoms with Gasteiger partial charge in [-0.3, -0.25) is 4.79 Å². The highest BCUT2D eigenvalue weighted by Crippen LogP contribution is 2.24. The van der Waals surface area contributed by atoms with E-state index in [9.17, 15) is 4.79 Å². The van der Waals surface area contributed by atoms with Crippen LogP contribution in [0.3, 0.4) is 0 Å². The molecular weight excluding hydrogens is 320 g/mol. The lowest BCUT2D eigenvalue weighted by molar-refractivity contribution is 0.0900. The van der Waals surface area contributed by atoms with Crippen molar-refractivity contribution in [3.05, 3.63) is 23.8 Å². The second-order valence-electron chi connectivity index (χ2n) is 6.84. The van der Waals surface area contributed by atoms with Crippen LogP contribution in [0.2, 0.25) is 0 Å². The number of hydrogen-bond donors (Lipinski definition) is 1. The molecule has 1 atom stereocenters. The van der Waals surface area contributed by atoms with Crippen LogP contribution >= 0.6 is 0 Å². The molecule has 25 heavy (non-hydrogen) atoms. The number of piperidine rings is 1. The average molecular weight is 348 g/mol. The second-order valence-corrected chi connectivity index (χ2v) is 6.84. The number of methoxy groups -OCH3 is 2. The lowest BCUT2D eigenvalue weighted by atomic mass is 10.0. The lowest BCUT2D eigenvalue weighted by Gasteiger charge is -2.33. The van der Waals surface area contributed by atoms with Crippen molar-refractivity contribution >= 4 is 5.91 Å². The number of nitrogens with zero attached hydrogens (tertiary/aromatic N) is 1. The van der Waals surface area contributed by atoms with E-state index in [1.165, 1.54) is 6.42 Å². The zero-order valence-corrected chi connectivity index (χ0v) is 15.1. The van der Waals surface area contributed by atoms with Gasteiger partial charge in [-0.15, -0.1) is 0 Å². The predicted molar refractivity (Wildman–Crippen MR) is 95.4 cm³/mol. The van der Waals surface area contributed by atoms with Gasteiger partial charge in [-0.05, 0) is 43.4 Å². The first kappa shape index (κ1) is 18.0. The molecule has 6 nitrogen and oxygen atoms in total. The molecule has 1 aromatic carbocycles. The van der Waals surface area contributed by atoms with Crippen molar-refractivity contribution in [1.29, 1.82) is 0 Å². The summed E-state index contributed by atoms with van der Waals surface area (Å²) < 4.78 is 16.0. The summed E-state index contributed by atoms with van der Waals surface area (Å²) in [5, 5.41) is 3.15. The van der Waals surface area contributed by atoms with Crippen molar-refractivity contribution in [1.82, 2.24) is 10.2 Å². The molecule has 1 unspecified atom stereocenters. The van der Waals surface area contributed by atoms with Crippen LogP contribution in [0.1, 0.15) is 29.6 Å². The minimum Gasteiger partial charge on any atom is -0.497 e. The van der Waals surface area contributed by atoms with Gasteiger partial charge in [0.25, 0.3) is 5.91 Å². The average Bonchev–Trinajstić information content (AvgIpc) is 3.15. The third-order valence-corrected chi connectivity index (χ3v) is 5.11. The van der Waals surface area contributed by atoms with Gasteiger partial charge >= 0.3 is 0 Å². The predicted octanol–water partition coefficient (Wildman–Crippen LogP) is 1.93. The van der Waals surface area contributed by atoms with Crippen LogP contribution in [-0.2, 0) is 4.74 Å². The van der Waals surface area contributed by atoms with E-state index in [1.54, 1.807) is 32.4 Å². The number of carbonyl (C=O) groups is 1. The molecule has 0 aliphatic carbocycles. The van der Waals surface area contributed by atoms with Gasteiger partial charge in [0.1, 0.15) is 11.5 Å². The second kappa shape index (κ2) is 8.54. The van der Waals surface area contributed by atoms with E-state index < -0.39 is 0 Å². The molecule has 0 bridgehead atoms. The maximum Gasteiger partial charge on any atom is 0.255 e. The SMILES string of the molecule is COc1ccc(OC)c(C(=O)NC2CCN(CC3CCOC3)CC2)c1. The van der Waals surface area contributed by atoms with Crippen molar-refractivity contribution < 1.29 is 19.0 Å². The van der Waals surface area contributed by atoms with Crippen molar-refractivity contribution in [2.24, 2.45) is 5.92 Å². The smallest absolute Gasteiger partial charge is 0.255 e. The number of rotatable bonds is 6. The molecule has 2 fully saturated rings. The van der Waals surface area contributed by atoms with Crippen molar-refractivity contribution in [3.63, 3.8) is 0 Å². The van der Waals surface area contributed by atoms with Gasteiger partial charge in [-0.2, -0.15) is 0 Å². The van der Waals surface area contributed by atoms with Crippen molar-refractivity contribution in [2.45, 2.75) is 25.3 Å². The fraction of sp³-hybridized carbons (Fsp3) is 0.632. The molecular formula is C19H28N2O4. The number of likely N-dealkylation sites (tertiary alicyclic amines) is 1. The zero-order chi connectivity index (χ0) is 17.6. The summed E-state index contributed by atoms with van der Waals surface area (Å²) in [4.78, 5) is 15.1. The Morgan fingerprint density at radius 3 is 2.68 bits per heavy atom. The van der Waals surface area contributed by atoms with E-state index in [0.717, 1.165) is 45.7 Å². The van der Waals surface area contributed by atoms with Gasteiger partial charge < -0.3 is 24.4 Å². The van der Waals surface area contributed by atoms with Gasteiger partial charge in [0, 0.05) is 32.3 Å². The molecule has 1 amide bonds. The van der Waals surface area contributed by atoms with Crippen molar-refractivity contribution in [3.8, 4) is 11.5 Å². The molecule has 0 saturated carbocycles. The Balaban J connectivity index is 1.52. The Hall–Kier alpha value is -1.79. The fourth-order valence-electron chi connectivity index (χ4n) is 3.61. The first-order valence-corrected chi connectivity index (χ1v) is 9.02. The quantitative estimate of drug-likeness (QED) is 0.851. The van der Waals surface area contributed by atoms with Gasteiger partial charge in [0.2, 0.25) is 0 Å². The zero-order valence-electron chi connectivity index (χ0n) is 15.1. The highest BCUT2D eigenvalue weighted by atomic mass is 16.5. The summed E-state index contributed by atoms with van der Waals surface area (Å²) in [6.07, 6.45) is 3.13. The molecule has 0 aromatic heterocycles. The molecule has 2 heterocycles. The summed E-state index contributed by atoms with van der Waals surface area (Å²) in [6.45, 7) is 4.96. The Kier molecular flexibility index (Phi) is 6.15. The van der Waals surface area contributed by atoms with Gasteiger partial charge in [-0.25, -0.2) is 0 Å². The Labute approximate surface area is 149 Å². The molecule has 6 heteroatoms. The normalized spacial score (nSPS) is 21.9. The van der Waals surface area contributed by atoms with E-state index in [2.05, 4.69) is 10.2 Å². The summed E-state index contributed by atoms with van der Waals surface area (Å²) in [7, 11) is 3.17. The minimum atomic E-state index is -0.0987. The molecule has 0 spiro atoms. The standard InChI is InChI=1S/C19H28N2O4/c1-23-16-3-4-18(24-2)17(11-16)19(22)20-15-5-8-21(9-6-15)12-14-7-10-25-13-14/h3-4,11,14-15H,5-10,12-13H2,1-2H3,(H,20,22). The third kappa shape index (κ3) is 4.64. The van der Waals surface area contributed by atoms with Crippen LogP contribution in [0, 0.1) is 5.92 Å². The van der Waals surface area contributed by atoms with Gasteiger partial charge in [0.15, 0.2) is 0 Å². The summed E-state index contributed by atoms with van der Waals surface area (Å²) in [5.74, 6) is 1.79. The van der Waals surface area contributed by atoms with E-state index in [1.807, 2.05) is 0 Å². The van der Waals surface area contributed by atoms with Gasteiger partial charge in [-0.1, -0.05) is 0 Å². The number of nitrogens with one attached hydrogen (secondary N) is 1. The monoisotopic (exact) mass is 348 g/mol. The highest BCUT2D eigenvalue weighted by molar-refractivity contribution is 5.97. The lowest BCUT2D eigenvalue weighted by Crippen LogP contribution is -2.45. The topological polar surface area (TPSA) is 60.0 Å². The molecule has 3 rings (SSSR count). The van der Waals surface area contributed by atoms with E-state index in [4.69, 9.17) is 14.2 Å². The Morgan fingerprint density at radius 2 is 2.04 bits per heavy atom. The summed E-state index contributed by atoms with van der Waals surface area (Å²) in [5.41, 5.74) is 0.521. The number of hydrogen-bond acceptors (Lipinski definition) is 5. The van der Waals surface area contributed by atoms with E-state index in [0.29, 0.717) is 23.0 Å². The third-order valence-electron chi connectivity index (χ3n) is 5.11. The largest absolute Gasteiger partial charge is 0.497 e. The molecule has 2 aliphatic rings. The molecule has 1 aromatic rings.